The van der Waals surface area contributed by atoms with Crippen molar-refractivity contribution in [3.05, 3.63) is 65.7 Å². The zero-order valence-electron chi connectivity index (χ0n) is 16.7. The van der Waals surface area contributed by atoms with Gasteiger partial charge in [0.1, 0.15) is 4.90 Å². The van der Waals surface area contributed by atoms with Gasteiger partial charge in [-0.25, -0.2) is 12.7 Å². The van der Waals surface area contributed by atoms with E-state index in [-0.39, 0.29) is 10.5 Å². The Morgan fingerprint density at radius 1 is 0.897 bits per heavy atom. The molecule has 2 aliphatic rings. The van der Waals surface area contributed by atoms with Crippen molar-refractivity contribution >= 4 is 15.9 Å². The highest BCUT2D eigenvalue weighted by molar-refractivity contribution is 7.90. The molecule has 2 aromatic rings. The summed E-state index contributed by atoms with van der Waals surface area (Å²) < 4.78 is 27.6. The minimum atomic E-state index is -3.85. The maximum absolute atomic E-state index is 13.2. The molecule has 2 aromatic carbocycles. The number of likely N-dealkylation sites (N-methyl/N-ethyl adjacent to an activating group) is 1. The number of piperazine rings is 1. The van der Waals surface area contributed by atoms with Gasteiger partial charge in [0.15, 0.2) is 0 Å². The van der Waals surface area contributed by atoms with E-state index in [1.54, 1.807) is 18.2 Å². The lowest BCUT2D eigenvalue weighted by atomic mass is 10.0. The Balaban J connectivity index is 1.60. The molecule has 154 valence electrons. The first kappa shape index (κ1) is 20.1. The van der Waals surface area contributed by atoms with E-state index in [4.69, 9.17) is 0 Å². The topological polar surface area (TPSA) is 60.9 Å². The van der Waals surface area contributed by atoms with Crippen LogP contribution in [-0.2, 0) is 10.0 Å². The van der Waals surface area contributed by atoms with E-state index >= 15 is 0 Å². The molecule has 1 saturated heterocycles. The van der Waals surface area contributed by atoms with E-state index < -0.39 is 22.0 Å². The fourth-order valence-electron chi connectivity index (χ4n) is 4.24. The summed E-state index contributed by atoms with van der Waals surface area (Å²) in [6, 6.07) is 15.5. The average Bonchev–Trinajstić information content (AvgIpc) is 2.96. The lowest BCUT2D eigenvalue weighted by Gasteiger charge is -2.35. The molecule has 0 spiro atoms. The maximum atomic E-state index is 13.2. The summed E-state index contributed by atoms with van der Waals surface area (Å²) in [6.45, 7) is 7.97. The second kappa shape index (κ2) is 8.26. The van der Waals surface area contributed by atoms with Crippen LogP contribution in [0.3, 0.4) is 0 Å². The van der Waals surface area contributed by atoms with Crippen molar-refractivity contribution in [3.63, 3.8) is 0 Å². The highest BCUT2D eigenvalue weighted by atomic mass is 32.2. The Labute approximate surface area is 172 Å². The van der Waals surface area contributed by atoms with Crippen LogP contribution >= 0.6 is 0 Å². The van der Waals surface area contributed by atoms with E-state index in [0.717, 1.165) is 49.1 Å². The molecule has 0 aromatic heterocycles. The van der Waals surface area contributed by atoms with Crippen LogP contribution in [0.2, 0.25) is 0 Å². The SMILES string of the molecule is CCN1CCN(CCC(c2ccccc2)N2C(=O)c3ccccc3S2(=O)=O)CC1. The Bertz CT molecular complexity index is 970. The molecule has 7 heteroatoms. The van der Waals surface area contributed by atoms with Gasteiger partial charge in [0, 0.05) is 32.7 Å². The largest absolute Gasteiger partial charge is 0.301 e. The highest BCUT2D eigenvalue weighted by Crippen LogP contribution is 2.38. The molecule has 1 fully saturated rings. The second-order valence-electron chi connectivity index (χ2n) is 7.59. The first-order chi connectivity index (χ1) is 14.0. The molecule has 0 radical (unpaired) electrons. The first-order valence-electron chi connectivity index (χ1n) is 10.2. The van der Waals surface area contributed by atoms with Crippen LogP contribution in [-0.4, -0.2) is 67.7 Å². The first-order valence-corrected chi connectivity index (χ1v) is 11.6. The van der Waals surface area contributed by atoms with E-state index in [9.17, 15) is 13.2 Å². The standard InChI is InChI=1S/C22H27N3O3S/c1-2-23-14-16-24(17-15-23)13-12-20(18-8-4-3-5-9-18)25-22(26)19-10-6-7-11-21(19)29(25,27)28/h3-11,20H,2,12-17H2,1H3. The molecule has 4 rings (SSSR count). The maximum Gasteiger partial charge on any atom is 0.269 e. The number of amides is 1. The van der Waals surface area contributed by atoms with E-state index in [0.29, 0.717) is 6.42 Å². The predicted molar refractivity (Wildman–Crippen MR) is 112 cm³/mol. The number of carbonyl (C=O) groups is 1. The Morgan fingerprint density at radius 2 is 1.52 bits per heavy atom. The molecule has 1 atom stereocenters. The zero-order valence-corrected chi connectivity index (χ0v) is 17.5. The van der Waals surface area contributed by atoms with Crippen molar-refractivity contribution in [3.8, 4) is 0 Å². The molecule has 2 aliphatic heterocycles. The minimum absolute atomic E-state index is 0.113. The Hall–Kier alpha value is -2.22. The summed E-state index contributed by atoms with van der Waals surface area (Å²) in [6.07, 6.45) is 0.578. The number of rotatable bonds is 6. The van der Waals surface area contributed by atoms with Crippen LogP contribution in [0.1, 0.15) is 35.3 Å². The van der Waals surface area contributed by atoms with Crippen molar-refractivity contribution in [1.82, 2.24) is 14.1 Å². The van der Waals surface area contributed by atoms with Gasteiger partial charge in [0.2, 0.25) is 0 Å². The molecule has 29 heavy (non-hydrogen) atoms. The summed E-state index contributed by atoms with van der Waals surface area (Å²) in [5, 5.41) is 0. The zero-order chi connectivity index (χ0) is 20.4. The molecule has 1 amide bonds. The van der Waals surface area contributed by atoms with Gasteiger partial charge >= 0.3 is 0 Å². The number of nitrogens with zero attached hydrogens (tertiary/aromatic N) is 3. The summed E-state index contributed by atoms with van der Waals surface area (Å²) >= 11 is 0. The van der Waals surface area contributed by atoms with Crippen LogP contribution in [0.15, 0.2) is 59.5 Å². The van der Waals surface area contributed by atoms with Gasteiger partial charge in [0.05, 0.1) is 11.6 Å². The molecule has 0 N–H and O–H groups in total. The van der Waals surface area contributed by atoms with Gasteiger partial charge in [-0.05, 0) is 30.7 Å². The summed E-state index contributed by atoms with van der Waals surface area (Å²) in [5.41, 5.74) is 1.12. The van der Waals surface area contributed by atoms with Crippen molar-refractivity contribution in [2.24, 2.45) is 0 Å². The van der Waals surface area contributed by atoms with E-state index in [1.165, 1.54) is 6.07 Å². The summed E-state index contributed by atoms with van der Waals surface area (Å²) in [5.74, 6) is -0.426. The van der Waals surface area contributed by atoms with Gasteiger partial charge < -0.3 is 9.80 Å². The fraction of sp³-hybridized carbons (Fsp3) is 0.409. The number of hydrogen-bond acceptors (Lipinski definition) is 5. The average molecular weight is 414 g/mol. The number of carbonyl (C=O) groups excluding carboxylic acids is 1. The normalized spacial score (nSPS) is 20.6. The lowest BCUT2D eigenvalue weighted by molar-refractivity contribution is 0.0807. The second-order valence-corrected chi connectivity index (χ2v) is 9.38. The van der Waals surface area contributed by atoms with E-state index in [1.807, 2.05) is 30.3 Å². The third-order valence-corrected chi connectivity index (χ3v) is 7.80. The van der Waals surface area contributed by atoms with Crippen molar-refractivity contribution < 1.29 is 13.2 Å². The Morgan fingerprint density at radius 3 is 2.17 bits per heavy atom. The van der Waals surface area contributed by atoms with Crippen LogP contribution in [0.25, 0.3) is 0 Å². The number of benzene rings is 2. The number of fused-ring (bicyclic) bond motifs is 1. The van der Waals surface area contributed by atoms with Gasteiger partial charge in [-0.15, -0.1) is 0 Å². The highest BCUT2D eigenvalue weighted by Gasteiger charge is 2.45. The smallest absolute Gasteiger partial charge is 0.269 e. The van der Waals surface area contributed by atoms with Crippen molar-refractivity contribution in [1.29, 1.82) is 0 Å². The van der Waals surface area contributed by atoms with Crippen LogP contribution in [0.4, 0.5) is 0 Å². The van der Waals surface area contributed by atoms with Gasteiger partial charge in [-0.3, -0.25) is 4.79 Å². The summed E-state index contributed by atoms with van der Waals surface area (Å²) in [7, 11) is -3.85. The quantitative estimate of drug-likeness (QED) is 0.729. The minimum Gasteiger partial charge on any atom is -0.301 e. The number of sulfonamides is 1. The molecule has 0 aliphatic carbocycles. The molecular weight excluding hydrogens is 386 g/mol. The van der Waals surface area contributed by atoms with Crippen molar-refractivity contribution in [2.75, 3.05) is 39.3 Å². The van der Waals surface area contributed by atoms with Crippen LogP contribution < -0.4 is 0 Å². The Kier molecular flexibility index (Phi) is 5.72. The molecule has 0 bridgehead atoms. The monoisotopic (exact) mass is 413 g/mol. The lowest BCUT2D eigenvalue weighted by Crippen LogP contribution is -2.47. The third-order valence-electron chi connectivity index (χ3n) is 5.95. The van der Waals surface area contributed by atoms with Crippen LogP contribution in [0.5, 0.6) is 0 Å². The van der Waals surface area contributed by atoms with Crippen molar-refractivity contribution in [2.45, 2.75) is 24.3 Å². The summed E-state index contributed by atoms with van der Waals surface area (Å²) in [4.78, 5) is 18.0. The van der Waals surface area contributed by atoms with Gasteiger partial charge in [0.25, 0.3) is 15.9 Å². The third kappa shape index (κ3) is 3.82. The molecule has 0 saturated carbocycles. The molecule has 1 unspecified atom stereocenters. The van der Waals surface area contributed by atoms with E-state index in [2.05, 4.69) is 16.7 Å². The van der Waals surface area contributed by atoms with Crippen LogP contribution in [0, 0.1) is 0 Å². The van der Waals surface area contributed by atoms with Gasteiger partial charge in [-0.1, -0.05) is 49.4 Å². The predicted octanol–water partition coefficient (Wildman–Crippen LogP) is 2.60. The molecule has 2 heterocycles. The number of hydrogen-bond donors (Lipinski definition) is 0. The molecular formula is C22H27N3O3S. The van der Waals surface area contributed by atoms with Gasteiger partial charge in [-0.2, -0.15) is 0 Å². The fourth-order valence-corrected chi connectivity index (χ4v) is 6.01. The molecule has 6 nitrogen and oxygen atoms in total.